The molecule has 0 heterocycles. The van der Waals surface area contributed by atoms with E-state index in [2.05, 4.69) is 12.2 Å². The number of nitro groups is 1. The van der Waals surface area contributed by atoms with Crippen molar-refractivity contribution in [2.45, 2.75) is 45.1 Å². The topological polar surface area (TPSA) is 75.4 Å². The molecule has 1 aromatic carbocycles. The molecular weight excluding hydrogens is 256 g/mol. The van der Waals surface area contributed by atoms with Gasteiger partial charge in [-0.3, -0.25) is 10.1 Å². The van der Waals surface area contributed by atoms with Crippen molar-refractivity contribution < 1.29 is 10.0 Å². The van der Waals surface area contributed by atoms with Gasteiger partial charge in [0.25, 0.3) is 5.69 Å². The molecule has 0 aliphatic heterocycles. The molecule has 0 amide bonds. The fourth-order valence-corrected chi connectivity index (χ4v) is 2.69. The lowest BCUT2D eigenvalue weighted by molar-refractivity contribution is -0.384. The quantitative estimate of drug-likeness (QED) is 0.654. The molecule has 2 N–H and O–H groups in total. The summed E-state index contributed by atoms with van der Waals surface area (Å²) in [4.78, 5) is 10.6. The third-order valence-electron chi connectivity index (χ3n) is 4.16. The number of rotatable bonds is 4. The molecule has 110 valence electrons. The van der Waals surface area contributed by atoms with Gasteiger partial charge in [0.15, 0.2) is 0 Å². The van der Waals surface area contributed by atoms with E-state index in [4.69, 9.17) is 0 Å². The molecule has 1 saturated carbocycles. The lowest BCUT2D eigenvalue weighted by Crippen LogP contribution is -2.40. The van der Waals surface area contributed by atoms with Gasteiger partial charge in [-0.2, -0.15) is 0 Å². The highest BCUT2D eigenvalue weighted by atomic mass is 16.6. The Hall–Kier alpha value is -1.62. The summed E-state index contributed by atoms with van der Waals surface area (Å²) in [5, 5.41) is 24.6. The summed E-state index contributed by atoms with van der Waals surface area (Å²) < 4.78 is 0. The lowest BCUT2D eigenvalue weighted by Gasteiger charge is -2.35. The van der Waals surface area contributed by atoms with Gasteiger partial charge in [0, 0.05) is 12.6 Å². The second-order valence-corrected chi connectivity index (χ2v) is 6.04. The number of hydrogen-bond acceptors (Lipinski definition) is 4. The second kappa shape index (κ2) is 5.79. The summed E-state index contributed by atoms with van der Waals surface area (Å²) in [6, 6.07) is 4.98. The molecule has 1 fully saturated rings. The van der Waals surface area contributed by atoms with Crippen LogP contribution < -0.4 is 5.32 Å². The first-order valence-corrected chi connectivity index (χ1v) is 7.11. The van der Waals surface area contributed by atoms with E-state index in [1.165, 1.54) is 6.07 Å². The van der Waals surface area contributed by atoms with Gasteiger partial charge < -0.3 is 10.4 Å². The van der Waals surface area contributed by atoms with Crippen LogP contribution in [0.15, 0.2) is 18.2 Å². The minimum atomic E-state index is -0.746. The Balaban J connectivity index is 2.07. The molecule has 0 spiro atoms. The Morgan fingerprint density at radius 3 is 2.70 bits per heavy atom. The predicted octanol–water partition coefficient (Wildman–Crippen LogP) is 3.26. The van der Waals surface area contributed by atoms with Crippen molar-refractivity contribution in [1.82, 2.24) is 0 Å². The Kier molecular flexibility index (Phi) is 4.28. The van der Waals surface area contributed by atoms with Crippen LogP contribution in [0, 0.1) is 23.0 Å². The highest BCUT2D eigenvalue weighted by Crippen LogP contribution is 2.33. The van der Waals surface area contributed by atoms with Gasteiger partial charge in [-0.05, 0) is 50.2 Å². The minimum absolute atomic E-state index is 0.0587. The zero-order valence-corrected chi connectivity index (χ0v) is 12.1. The van der Waals surface area contributed by atoms with Crippen LogP contribution in [0.4, 0.5) is 11.4 Å². The van der Waals surface area contributed by atoms with Crippen LogP contribution in [0.5, 0.6) is 0 Å². The van der Waals surface area contributed by atoms with Gasteiger partial charge in [0.1, 0.15) is 5.69 Å². The molecule has 2 rings (SSSR count). The molecule has 0 atom stereocenters. The van der Waals surface area contributed by atoms with E-state index >= 15 is 0 Å². The fraction of sp³-hybridized carbons (Fsp3) is 0.600. The van der Waals surface area contributed by atoms with E-state index in [1.54, 1.807) is 12.1 Å². The van der Waals surface area contributed by atoms with Gasteiger partial charge >= 0.3 is 0 Å². The van der Waals surface area contributed by atoms with E-state index in [-0.39, 0.29) is 5.69 Å². The maximum atomic E-state index is 11.0. The summed E-state index contributed by atoms with van der Waals surface area (Å²) in [7, 11) is 0. The number of nitrogens with one attached hydrogen (secondary N) is 1. The van der Waals surface area contributed by atoms with Crippen LogP contribution in [-0.2, 0) is 0 Å². The average molecular weight is 278 g/mol. The van der Waals surface area contributed by atoms with E-state index in [1.807, 2.05) is 6.92 Å². The summed E-state index contributed by atoms with van der Waals surface area (Å²) in [5.41, 5.74) is 0.761. The molecule has 0 aromatic heterocycles. The van der Waals surface area contributed by atoms with Crippen molar-refractivity contribution in [1.29, 1.82) is 0 Å². The van der Waals surface area contributed by atoms with Crippen LogP contribution in [0.2, 0.25) is 0 Å². The van der Waals surface area contributed by atoms with Crippen molar-refractivity contribution in [3.8, 4) is 0 Å². The average Bonchev–Trinajstić information content (AvgIpc) is 2.40. The standard InChI is InChI=1S/C15H22N2O3/c1-11-5-7-15(18,8-6-11)10-16-13-9-12(2)3-4-14(13)17(19)20/h3-4,9,11,16,18H,5-8,10H2,1-2H3. The molecule has 0 radical (unpaired) electrons. The van der Waals surface area contributed by atoms with E-state index in [9.17, 15) is 15.2 Å². The molecule has 0 unspecified atom stereocenters. The number of nitro benzene ring substituents is 1. The highest BCUT2D eigenvalue weighted by Gasteiger charge is 2.32. The maximum Gasteiger partial charge on any atom is 0.292 e. The summed E-state index contributed by atoms with van der Waals surface area (Å²) >= 11 is 0. The number of benzene rings is 1. The zero-order chi connectivity index (χ0) is 14.8. The summed E-state index contributed by atoms with van der Waals surface area (Å²) in [6.45, 7) is 4.45. The fourth-order valence-electron chi connectivity index (χ4n) is 2.69. The van der Waals surface area contributed by atoms with Crippen LogP contribution >= 0.6 is 0 Å². The van der Waals surface area contributed by atoms with Crippen molar-refractivity contribution in [2.24, 2.45) is 5.92 Å². The molecule has 5 nitrogen and oxygen atoms in total. The molecule has 20 heavy (non-hydrogen) atoms. The predicted molar refractivity (Wildman–Crippen MR) is 78.9 cm³/mol. The van der Waals surface area contributed by atoms with Crippen molar-refractivity contribution >= 4 is 11.4 Å². The van der Waals surface area contributed by atoms with Gasteiger partial charge in [-0.25, -0.2) is 0 Å². The maximum absolute atomic E-state index is 11.0. The number of hydrogen-bond donors (Lipinski definition) is 2. The van der Waals surface area contributed by atoms with Crippen molar-refractivity contribution in [2.75, 3.05) is 11.9 Å². The van der Waals surface area contributed by atoms with Gasteiger partial charge in [0.05, 0.1) is 10.5 Å². The third-order valence-corrected chi connectivity index (χ3v) is 4.16. The van der Waals surface area contributed by atoms with Crippen molar-refractivity contribution in [3.63, 3.8) is 0 Å². The molecule has 0 bridgehead atoms. The molecule has 1 aliphatic carbocycles. The Morgan fingerprint density at radius 2 is 2.10 bits per heavy atom. The monoisotopic (exact) mass is 278 g/mol. The van der Waals surface area contributed by atoms with Crippen LogP contribution in [-0.4, -0.2) is 22.2 Å². The first-order valence-electron chi connectivity index (χ1n) is 7.11. The van der Waals surface area contributed by atoms with Gasteiger partial charge in [-0.15, -0.1) is 0 Å². The molecule has 5 heteroatoms. The van der Waals surface area contributed by atoms with E-state index < -0.39 is 10.5 Å². The number of aliphatic hydroxyl groups is 1. The first kappa shape index (κ1) is 14.8. The zero-order valence-electron chi connectivity index (χ0n) is 12.1. The van der Waals surface area contributed by atoms with E-state index in [0.29, 0.717) is 18.2 Å². The van der Waals surface area contributed by atoms with Crippen LogP contribution in [0.25, 0.3) is 0 Å². The largest absolute Gasteiger partial charge is 0.388 e. The SMILES string of the molecule is Cc1ccc([N+](=O)[O-])c(NCC2(O)CCC(C)CC2)c1. The summed E-state index contributed by atoms with van der Waals surface area (Å²) in [6.07, 6.45) is 3.52. The molecule has 1 aliphatic rings. The minimum Gasteiger partial charge on any atom is -0.388 e. The number of anilines is 1. The lowest BCUT2D eigenvalue weighted by atomic mass is 9.79. The highest BCUT2D eigenvalue weighted by molar-refractivity contribution is 5.62. The Morgan fingerprint density at radius 1 is 1.45 bits per heavy atom. The summed E-state index contributed by atoms with van der Waals surface area (Å²) in [5.74, 6) is 0.656. The molecule has 0 saturated heterocycles. The molecular formula is C15H22N2O3. The third kappa shape index (κ3) is 3.48. The number of aryl methyl sites for hydroxylation is 1. The van der Waals surface area contributed by atoms with Crippen LogP contribution in [0.1, 0.15) is 38.2 Å². The van der Waals surface area contributed by atoms with Crippen molar-refractivity contribution in [3.05, 3.63) is 33.9 Å². The molecule has 1 aromatic rings. The smallest absolute Gasteiger partial charge is 0.292 e. The first-order chi connectivity index (χ1) is 9.39. The van der Waals surface area contributed by atoms with E-state index in [0.717, 1.165) is 31.2 Å². The second-order valence-electron chi connectivity index (χ2n) is 6.04. The van der Waals surface area contributed by atoms with Crippen LogP contribution in [0.3, 0.4) is 0 Å². The Labute approximate surface area is 119 Å². The van der Waals surface area contributed by atoms with Gasteiger partial charge in [-0.1, -0.05) is 13.0 Å². The number of nitrogens with zero attached hydrogens (tertiary/aromatic N) is 1. The Bertz CT molecular complexity index is 494. The van der Waals surface area contributed by atoms with Gasteiger partial charge in [0.2, 0.25) is 0 Å². The normalized spacial score (nSPS) is 26.2.